The van der Waals surface area contributed by atoms with Crippen LogP contribution < -0.4 is 0 Å². The summed E-state index contributed by atoms with van der Waals surface area (Å²) in [5.74, 6) is 0. The first kappa shape index (κ1) is 14.9. The first-order valence-corrected chi connectivity index (χ1v) is 5.22. The smallest absolute Gasteiger partial charge is 0.115 e. The summed E-state index contributed by atoms with van der Waals surface area (Å²) in [4.78, 5) is 0. The minimum absolute atomic E-state index is 0.405. The minimum Gasteiger partial charge on any atom is -0.246 e. The molecule has 0 unspecified atom stereocenters. The van der Waals surface area contributed by atoms with Gasteiger partial charge in [-0.25, -0.2) is 26.3 Å². The van der Waals surface area contributed by atoms with Gasteiger partial charge in [-0.15, -0.1) is 0 Å². The van der Waals surface area contributed by atoms with Crippen LogP contribution in [0.25, 0.3) is 0 Å². The summed E-state index contributed by atoms with van der Waals surface area (Å²) in [6.45, 7) is -7.47. The number of hydrogen-bond acceptors (Lipinski definition) is 0. The summed E-state index contributed by atoms with van der Waals surface area (Å²) in [5, 5.41) is 0. The maximum absolute atomic E-state index is 12.8. The molecule has 0 nitrogen and oxygen atoms in total. The highest BCUT2D eigenvalue weighted by Crippen LogP contribution is 2.32. The van der Waals surface area contributed by atoms with E-state index in [9.17, 15) is 26.3 Å². The average Bonchev–Trinajstić information content (AvgIpc) is 2.43. The van der Waals surface area contributed by atoms with E-state index in [1.807, 2.05) is 0 Å². The van der Waals surface area contributed by atoms with Crippen LogP contribution in [0.3, 0.4) is 0 Å². The third-order valence-electron chi connectivity index (χ3n) is 2.99. The fourth-order valence-electron chi connectivity index (χ4n) is 2.06. The Balaban J connectivity index is 3.71. The van der Waals surface area contributed by atoms with Gasteiger partial charge in [0.25, 0.3) is 0 Å². The summed E-state index contributed by atoms with van der Waals surface area (Å²) >= 11 is 0. The standard InChI is InChI=1S/C12H12F6/c13-1-7-8(2-14)10(4-16)12(6-18)11(5-17)9(7)3-15/h1-6H2. The molecule has 0 fully saturated rings. The molecular weight excluding hydrogens is 258 g/mol. The monoisotopic (exact) mass is 270 g/mol. The van der Waals surface area contributed by atoms with E-state index < -0.39 is 73.4 Å². The molecule has 0 aliphatic rings. The van der Waals surface area contributed by atoms with E-state index in [0.717, 1.165) is 0 Å². The van der Waals surface area contributed by atoms with Gasteiger partial charge < -0.3 is 0 Å². The second kappa shape index (κ2) is 6.66. The van der Waals surface area contributed by atoms with Crippen molar-refractivity contribution >= 4 is 0 Å². The molecule has 0 spiro atoms. The third kappa shape index (κ3) is 2.33. The highest BCUT2D eigenvalue weighted by atomic mass is 19.1. The fourth-order valence-corrected chi connectivity index (χ4v) is 2.06. The molecule has 0 aromatic heterocycles. The lowest BCUT2D eigenvalue weighted by Gasteiger charge is -2.19. The molecule has 6 heteroatoms. The number of halogens is 6. The molecule has 1 aromatic rings. The highest BCUT2D eigenvalue weighted by Gasteiger charge is 2.23. The summed E-state index contributed by atoms with van der Waals surface area (Å²) < 4.78 is 76.9. The van der Waals surface area contributed by atoms with E-state index in [1.165, 1.54) is 0 Å². The molecule has 0 saturated heterocycles. The van der Waals surface area contributed by atoms with Crippen molar-refractivity contribution in [3.8, 4) is 0 Å². The van der Waals surface area contributed by atoms with E-state index in [1.54, 1.807) is 0 Å². The SMILES string of the molecule is FCc1c(CF)c(CF)c(CF)c(CF)c1CF. The van der Waals surface area contributed by atoms with Gasteiger partial charge in [-0.05, 0) is 33.4 Å². The Labute approximate surface area is 101 Å². The molecule has 102 valence electrons. The largest absolute Gasteiger partial charge is 0.246 e. The van der Waals surface area contributed by atoms with Crippen LogP contribution in [0.4, 0.5) is 26.3 Å². The normalized spacial score (nSPS) is 11.0. The zero-order chi connectivity index (χ0) is 13.7. The van der Waals surface area contributed by atoms with E-state index in [4.69, 9.17) is 0 Å². The first-order valence-electron chi connectivity index (χ1n) is 5.22. The topological polar surface area (TPSA) is 0 Å². The molecule has 0 saturated carbocycles. The van der Waals surface area contributed by atoms with Crippen LogP contribution in [0.2, 0.25) is 0 Å². The number of hydrogen-bond donors (Lipinski definition) is 0. The molecule has 0 N–H and O–H groups in total. The van der Waals surface area contributed by atoms with Crippen LogP contribution in [-0.2, 0) is 40.0 Å². The van der Waals surface area contributed by atoms with Crippen molar-refractivity contribution in [1.82, 2.24) is 0 Å². The van der Waals surface area contributed by atoms with Crippen LogP contribution in [0.1, 0.15) is 33.4 Å². The van der Waals surface area contributed by atoms with Gasteiger partial charge in [0.1, 0.15) is 40.0 Å². The van der Waals surface area contributed by atoms with Gasteiger partial charge >= 0.3 is 0 Å². The van der Waals surface area contributed by atoms with Crippen LogP contribution in [-0.4, -0.2) is 0 Å². The Bertz CT molecular complexity index is 295. The number of benzene rings is 1. The van der Waals surface area contributed by atoms with Crippen molar-refractivity contribution in [2.45, 2.75) is 40.0 Å². The first-order chi connectivity index (χ1) is 8.69. The lowest BCUT2D eigenvalue weighted by Crippen LogP contribution is -2.10. The molecule has 0 radical (unpaired) electrons. The van der Waals surface area contributed by atoms with E-state index in [0.29, 0.717) is 0 Å². The van der Waals surface area contributed by atoms with E-state index >= 15 is 0 Å². The van der Waals surface area contributed by atoms with E-state index in [-0.39, 0.29) is 0 Å². The highest BCUT2D eigenvalue weighted by molar-refractivity contribution is 5.51. The average molecular weight is 270 g/mol. The molecule has 0 heterocycles. The number of alkyl halides is 6. The zero-order valence-electron chi connectivity index (χ0n) is 9.51. The fraction of sp³-hybridized carbons (Fsp3) is 0.500. The minimum atomic E-state index is -1.24. The van der Waals surface area contributed by atoms with Crippen molar-refractivity contribution in [2.75, 3.05) is 0 Å². The molecule has 0 amide bonds. The Hall–Kier alpha value is -1.20. The van der Waals surface area contributed by atoms with Crippen LogP contribution in [0.5, 0.6) is 0 Å². The van der Waals surface area contributed by atoms with E-state index in [2.05, 4.69) is 0 Å². The maximum Gasteiger partial charge on any atom is 0.115 e. The predicted molar refractivity (Wildman–Crippen MR) is 55.3 cm³/mol. The van der Waals surface area contributed by atoms with Gasteiger partial charge in [0.05, 0.1) is 0 Å². The van der Waals surface area contributed by atoms with Gasteiger partial charge in [0.2, 0.25) is 0 Å². The molecule has 0 aliphatic heterocycles. The van der Waals surface area contributed by atoms with Gasteiger partial charge in [0.15, 0.2) is 0 Å². The lowest BCUT2D eigenvalue weighted by atomic mass is 9.88. The Kier molecular flexibility index (Phi) is 5.50. The predicted octanol–water partition coefficient (Wildman–Crippen LogP) is 4.50. The summed E-state index contributed by atoms with van der Waals surface area (Å²) in [6, 6.07) is 0. The molecule has 1 aromatic carbocycles. The lowest BCUT2D eigenvalue weighted by molar-refractivity contribution is 0.400. The Morgan fingerprint density at radius 2 is 0.444 bits per heavy atom. The summed E-state index contributed by atoms with van der Waals surface area (Å²) in [6.07, 6.45) is 0. The maximum atomic E-state index is 12.8. The molecule has 18 heavy (non-hydrogen) atoms. The second-order valence-electron chi connectivity index (χ2n) is 3.67. The van der Waals surface area contributed by atoms with Crippen LogP contribution >= 0.6 is 0 Å². The van der Waals surface area contributed by atoms with Gasteiger partial charge in [-0.2, -0.15) is 0 Å². The van der Waals surface area contributed by atoms with Crippen molar-refractivity contribution in [3.63, 3.8) is 0 Å². The van der Waals surface area contributed by atoms with Crippen LogP contribution in [0, 0.1) is 0 Å². The molecule has 0 bridgehead atoms. The van der Waals surface area contributed by atoms with Crippen LogP contribution in [0.15, 0.2) is 0 Å². The van der Waals surface area contributed by atoms with Gasteiger partial charge in [-0.1, -0.05) is 0 Å². The Morgan fingerprint density at radius 3 is 0.500 bits per heavy atom. The van der Waals surface area contributed by atoms with Gasteiger partial charge in [0, 0.05) is 0 Å². The van der Waals surface area contributed by atoms with Crippen molar-refractivity contribution in [3.05, 3.63) is 33.4 Å². The quantitative estimate of drug-likeness (QED) is 0.667. The molecule has 0 aliphatic carbocycles. The third-order valence-corrected chi connectivity index (χ3v) is 2.99. The number of rotatable bonds is 6. The molecular formula is C12H12F6. The van der Waals surface area contributed by atoms with Crippen molar-refractivity contribution < 1.29 is 26.3 Å². The summed E-state index contributed by atoms with van der Waals surface area (Å²) in [7, 11) is 0. The van der Waals surface area contributed by atoms with Gasteiger partial charge in [-0.3, -0.25) is 0 Å². The zero-order valence-corrected chi connectivity index (χ0v) is 9.51. The second-order valence-corrected chi connectivity index (χ2v) is 3.67. The molecule has 1 rings (SSSR count). The van der Waals surface area contributed by atoms with Crippen molar-refractivity contribution in [2.24, 2.45) is 0 Å². The molecule has 0 atom stereocenters. The Morgan fingerprint density at radius 1 is 0.333 bits per heavy atom. The summed E-state index contributed by atoms with van der Waals surface area (Å²) in [5.41, 5.74) is -2.43. The van der Waals surface area contributed by atoms with Crippen molar-refractivity contribution in [1.29, 1.82) is 0 Å².